The lowest BCUT2D eigenvalue weighted by molar-refractivity contribution is -0.138. The number of nitriles is 1. The molecule has 2 N–H and O–H groups in total. The molecule has 0 aliphatic rings. The Kier molecular flexibility index (Phi) is 5.91. The molecule has 1 atom stereocenters. The van der Waals surface area contributed by atoms with Crippen LogP contribution in [0.15, 0.2) is 49.1 Å². The van der Waals surface area contributed by atoms with Crippen molar-refractivity contribution < 1.29 is 36.2 Å². The highest BCUT2D eigenvalue weighted by Crippen LogP contribution is 2.34. The Morgan fingerprint density at radius 2 is 1.76 bits per heavy atom. The minimum atomic E-state index is -4.87. The van der Waals surface area contributed by atoms with Crippen molar-refractivity contribution in [1.29, 1.82) is 5.26 Å². The zero-order chi connectivity index (χ0) is 24.6. The first-order chi connectivity index (χ1) is 15.3. The largest absolute Gasteiger partial charge is 0.417 e. The Morgan fingerprint density at radius 1 is 1.09 bits per heavy atom. The number of aliphatic hydroxyl groups is 1. The molecule has 7 nitrogen and oxygen atoms in total. The summed E-state index contributed by atoms with van der Waals surface area (Å²) in [6.45, 7) is 2.63. The van der Waals surface area contributed by atoms with Crippen LogP contribution in [0.4, 0.5) is 32.0 Å². The maximum atomic E-state index is 13.1. The molecule has 0 saturated carbocycles. The third-order valence-electron chi connectivity index (χ3n) is 4.57. The molecule has 0 fully saturated rings. The predicted octanol–water partition coefficient (Wildman–Crippen LogP) is 3.90. The summed E-state index contributed by atoms with van der Waals surface area (Å²) in [4.78, 5) is 13.4. The summed E-state index contributed by atoms with van der Waals surface area (Å²) in [5.74, 6) is -1.20. The van der Waals surface area contributed by atoms with E-state index in [4.69, 9.17) is 5.26 Å². The van der Waals surface area contributed by atoms with Gasteiger partial charge in [0.2, 0.25) is 0 Å². The number of rotatable bonds is 5. The fraction of sp³-hybridized carbons (Fsp3) is 0.200. The van der Waals surface area contributed by atoms with Crippen molar-refractivity contribution in [3.63, 3.8) is 0 Å². The molecule has 3 rings (SSSR count). The van der Waals surface area contributed by atoms with Gasteiger partial charge in [-0.25, -0.2) is 0 Å². The Bertz CT molecular complexity index is 1270. The number of nitrogens with zero attached hydrogens (tertiary/aromatic N) is 4. The molecule has 3 aromatic rings. The van der Waals surface area contributed by atoms with Crippen molar-refractivity contribution in [3.05, 3.63) is 65.7 Å². The van der Waals surface area contributed by atoms with E-state index in [1.54, 1.807) is 0 Å². The van der Waals surface area contributed by atoms with Crippen molar-refractivity contribution in [2.24, 2.45) is 0 Å². The van der Waals surface area contributed by atoms with E-state index in [2.05, 4.69) is 22.1 Å². The Labute approximate surface area is 181 Å². The number of amides is 1. The van der Waals surface area contributed by atoms with Crippen LogP contribution in [0.2, 0.25) is 0 Å². The molecule has 0 aliphatic carbocycles. The van der Waals surface area contributed by atoms with Crippen LogP contribution >= 0.6 is 0 Å². The van der Waals surface area contributed by atoms with Crippen LogP contribution in [0, 0.1) is 11.3 Å². The number of hydrogen-bond acceptors (Lipinski definition) is 5. The highest BCUT2D eigenvalue weighted by atomic mass is 19.4. The zero-order valence-corrected chi connectivity index (χ0v) is 16.4. The number of anilines is 1. The molecular weight excluding hydrogens is 456 g/mol. The van der Waals surface area contributed by atoms with Gasteiger partial charge in [-0.1, -0.05) is 6.58 Å². The molecule has 1 heterocycles. The monoisotopic (exact) mass is 469 g/mol. The third-order valence-corrected chi connectivity index (χ3v) is 4.57. The highest BCUT2D eigenvalue weighted by Gasteiger charge is 2.37. The molecule has 13 heteroatoms. The van der Waals surface area contributed by atoms with Gasteiger partial charge in [-0.05, 0) is 42.5 Å². The maximum absolute atomic E-state index is 13.1. The minimum Gasteiger partial charge on any atom is -0.374 e. The summed E-state index contributed by atoms with van der Waals surface area (Å²) in [5.41, 5.74) is -5.82. The summed E-state index contributed by atoms with van der Waals surface area (Å²) in [6, 6.07) is 6.40. The predicted molar refractivity (Wildman–Crippen MR) is 102 cm³/mol. The van der Waals surface area contributed by atoms with Gasteiger partial charge >= 0.3 is 12.4 Å². The molecular formula is C20H13F6N5O2. The molecule has 0 unspecified atom stereocenters. The second-order valence-electron chi connectivity index (χ2n) is 6.88. The van der Waals surface area contributed by atoms with E-state index in [-0.39, 0.29) is 16.7 Å². The van der Waals surface area contributed by atoms with Gasteiger partial charge in [0.05, 0.1) is 22.8 Å². The van der Waals surface area contributed by atoms with Crippen LogP contribution < -0.4 is 5.32 Å². The number of carbonyl (C=O) groups excluding carboxylic acids is 1. The van der Waals surface area contributed by atoms with Gasteiger partial charge in [0.15, 0.2) is 5.60 Å². The van der Waals surface area contributed by atoms with Crippen molar-refractivity contribution in [2.45, 2.75) is 24.5 Å². The standard InChI is InChI=1S/C20H13F6N5O2/c1-2-18(33,10-31-29-15-6-4-12(19(21,22)23)7-16(15)30-31)17(32)28-13-5-3-11(9-27)14(8-13)20(24,25)26/h2-8,33H,1,10H2,(H,28,32)/t18-/m0/s1. The van der Waals surface area contributed by atoms with E-state index < -0.39 is 47.1 Å². The molecule has 33 heavy (non-hydrogen) atoms. The van der Waals surface area contributed by atoms with Gasteiger partial charge in [-0.2, -0.15) is 46.6 Å². The highest BCUT2D eigenvalue weighted by molar-refractivity contribution is 5.98. The van der Waals surface area contributed by atoms with Crippen LogP contribution in [-0.2, 0) is 23.7 Å². The second kappa shape index (κ2) is 8.21. The van der Waals surface area contributed by atoms with Gasteiger partial charge in [0.25, 0.3) is 5.91 Å². The fourth-order valence-electron chi connectivity index (χ4n) is 2.84. The minimum absolute atomic E-state index is 0.0525. The molecule has 0 radical (unpaired) electrons. The van der Waals surface area contributed by atoms with Gasteiger partial charge in [0.1, 0.15) is 17.6 Å². The van der Waals surface area contributed by atoms with Crippen molar-refractivity contribution in [2.75, 3.05) is 5.32 Å². The number of halogens is 6. The molecule has 172 valence electrons. The van der Waals surface area contributed by atoms with Crippen LogP contribution in [-0.4, -0.2) is 31.6 Å². The second-order valence-corrected chi connectivity index (χ2v) is 6.88. The van der Waals surface area contributed by atoms with Crippen LogP contribution in [0.3, 0.4) is 0 Å². The SMILES string of the molecule is C=C[C@](O)(Cn1nc2ccc(C(F)(F)F)cc2n1)C(=O)Nc1ccc(C#N)c(C(F)(F)F)c1. The molecule has 1 amide bonds. The Balaban J connectivity index is 1.86. The van der Waals surface area contributed by atoms with Crippen LogP contribution in [0.1, 0.15) is 16.7 Å². The lowest BCUT2D eigenvalue weighted by Crippen LogP contribution is -2.45. The maximum Gasteiger partial charge on any atom is 0.417 e. The van der Waals surface area contributed by atoms with E-state index in [1.165, 1.54) is 6.07 Å². The Morgan fingerprint density at radius 3 is 2.33 bits per heavy atom. The van der Waals surface area contributed by atoms with Crippen molar-refractivity contribution >= 4 is 22.6 Å². The van der Waals surface area contributed by atoms with Crippen molar-refractivity contribution in [1.82, 2.24) is 15.0 Å². The lowest BCUT2D eigenvalue weighted by atomic mass is 10.0. The van der Waals surface area contributed by atoms with E-state index in [0.29, 0.717) is 6.07 Å². The number of fused-ring (bicyclic) bond motifs is 1. The number of nitrogens with one attached hydrogen (secondary N) is 1. The summed E-state index contributed by atoms with van der Waals surface area (Å²) in [7, 11) is 0. The number of hydrogen-bond donors (Lipinski definition) is 2. The molecule has 1 aromatic heterocycles. The normalized spacial score (nSPS) is 13.9. The lowest BCUT2D eigenvalue weighted by Gasteiger charge is -2.23. The third kappa shape index (κ3) is 4.96. The molecule has 2 aromatic carbocycles. The summed E-state index contributed by atoms with van der Waals surface area (Å²) in [5, 5.41) is 29.3. The van der Waals surface area contributed by atoms with Gasteiger partial charge in [-0.3, -0.25) is 4.79 Å². The van der Waals surface area contributed by atoms with Crippen molar-refractivity contribution in [3.8, 4) is 6.07 Å². The molecule has 0 bridgehead atoms. The average molecular weight is 469 g/mol. The summed E-state index contributed by atoms with van der Waals surface area (Å²) < 4.78 is 78.0. The Hall–Kier alpha value is -3.92. The van der Waals surface area contributed by atoms with E-state index in [1.807, 2.05) is 0 Å². The topological polar surface area (TPSA) is 104 Å². The van der Waals surface area contributed by atoms with Crippen LogP contribution in [0.25, 0.3) is 11.0 Å². The van der Waals surface area contributed by atoms with Gasteiger partial charge < -0.3 is 10.4 Å². The summed E-state index contributed by atoms with van der Waals surface area (Å²) in [6.07, 6.45) is -8.70. The molecule has 0 aliphatic heterocycles. The summed E-state index contributed by atoms with van der Waals surface area (Å²) >= 11 is 0. The van der Waals surface area contributed by atoms with Crippen LogP contribution in [0.5, 0.6) is 0 Å². The number of aromatic nitrogens is 3. The van der Waals surface area contributed by atoms with Gasteiger partial charge in [0, 0.05) is 5.69 Å². The molecule has 0 saturated heterocycles. The van der Waals surface area contributed by atoms with E-state index in [9.17, 15) is 36.2 Å². The first-order valence-electron chi connectivity index (χ1n) is 8.98. The first-order valence-corrected chi connectivity index (χ1v) is 8.98. The van der Waals surface area contributed by atoms with Gasteiger partial charge in [-0.15, -0.1) is 0 Å². The number of alkyl halides is 6. The van der Waals surface area contributed by atoms with E-state index in [0.717, 1.165) is 41.2 Å². The average Bonchev–Trinajstić information content (AvgIpc) is 3.13. The fourth-order valence-corrected chi connectivity index (χ4v) is 2.84. The van der Waals surface area contributed by atoms with E-state index >= 15 is 0 Å². The number of carbonyl (C=O) groups is 1. The molecule has 0 spiro atoms. The number of benzene rings is 2. The zero-order valence-electron chi connectivity index (χ0n) is 16.4. The smallest absolute Gasteiger partial charge is 0.374 e. The first kappa shape index (κ1) is 23.7. The quantitative estimate of drug-likeness (QED) is 0.436.